The van der Waals surface area contributed by atoms with Crippen molar-refractivity contribution in [2.75, 3.05) is 25.4 Å². The second-order valence-electron chi connectivity index (χ2n) is 8.72. The lowest BCUT2D eigenvalue weighted by molar-refractivity contribution is 0.0973. The van der Waals surface area contributed by atoms with Crippen molar-refractivity contribution in [2.24, 2.45) is 12.5 Å². The lowest BCUT2D eigenvalue weighted by Crippen LogP contribution is -2.41. The van der Waals surface area contributed by atoms with Gasteiger partial charge in [-0.15, -0.1) is 10.2 Å². The van der Waals surface area contributed by atoms with Crippen molar-refractivity contribution in [3.63, 3.8) is 0 Å². The zero-order valence-electron chi connectivity index (χ0n) is 17.8. The highest BCUT2D eigenvalue weighted by molar-refractivity contribution is 7.99. The highest BCUT2D eigenvalue weighted by Gasteiger charge is 2.50. The minimum absolute atomic E-state index is 0.530. The maximum Gasteiger partial charge on any atom is 0.202 e. The second-order valence-corrected chi connectivity index (χ2v) is 9.79. The lowest BCUT2D eigenvalue weighted by Gasteiger charge is -2.48. The molecule has 6 nitrogen and oxygen atoms in total. The summed E-state index contributed by atoms with van der Waals surface area (Å²) in [6.07, 6.45) is 6.72. The van der Waals surface area contributed by atoms with Crippen molar-refractivity contribution in [3.8, 4) is 11.6 Å². The number of thioether (sulfide) groups is 1. The molecule has 1 saturated carbocycles. The Kier molecular flexibility index (Phi) is 5.41. The first-order valence-corrected chi connectivity index (χ1v) is 11.8. The van der Waals surface area contributed by atoms with Gasteiger partial charge >= 0.3 is 0 Å². The summed E-state index contributed by atoms with van der Waals surface area (Å²) in [6.45, 7) is 5.60. The smallest absolute Gasteiger partial charge is 0.202 e. The van der Waals surface area contributed by atoms with E-state index in [1.165, 1.54) is 51.7 Å². The summed E-state index contributed by atoms with van der Waals surface area (Å²) < 4.78 is 7.47. The Bertz CT molecular complexity index is 1000. The lowest BCUT2D eigenvalue weighted by atomic mass is 9.57. The van der Waals surface area contributed by atoms with Crippen LogP contribution in [0, 0.1) is 12.3 Å². The molecule has 3 aromatic rings. The van der Waals surface area contributed by atoms with Gasteiger partial charge in [-0.25, -0.2) is 4.98 Å². The van der Waals surface area contributed by atoms with E-state index < -0.39 is 0 Å². The molecule has 0 radical (unpaired) electrons. The number of aryl methyl sites for hydroxylation is 1. The van der Waals surface area contributed by atoms with E-state index in [0.29, 0.717) is 11.2 Å². The van der Waals surface area contributed by atoms with Crippen LogP contribution in [0.15, 0.2) is 46.3 Å². The van der Waals surface area contributed by atoms with Crippen molar-refractivity contribution in [1.82, 2.24) is 24.6 Å². The van der Waals surface area contributed by atoms with E-state index in [-0.39, 0.29) is 0 Å². The van der Waals surface area contributed by atoms with Gasteiger partial charge in [-0.3, -0.25) is 0 Å². The summed E-state index contributed by atoms with van der Waals surface area (Å²) in [5, 5.41) is 9.58. The van der Waals surface area contributed by atoms with Gasteiger partial charge in [-0.1, -0.05) is 42.1 Å². The molecule has 2 aromatic heterocycles. The van der Waals surface area contributed by atoms with Gasteiger partial charge in [0.1, 0.15) is 0 Å². The molecule has 1 aliphatic heterocycles. The van der Waals surface area contributed by atoms with Crippen molar-refractivity contribution in [1.29, 1.82) is 0 Å². The molecule has 2 aliphatic rings. The SMILES string of the molecule is Cc1ncoc1-c1nnc(SCCCN2CC[C@]3(CCC3c3ccccc3)C2)n1C. The predicted octanol–water partition coefficient (Wildman–Crippen LogP) is 4.53. The highest BCUT2D eigenvalue weighted by atomic mass is 32.2. The number of nitrogens with zero attached hydrogens (tertiary/aromatic N) is 5. The van der Waals surface area contributed by atoms with Crippen molar-refractivity contribution >= 4 is 11.8 Å². The van der Waals surface area contributed by atoms with Crippen molar-refractivity contribution in [3.05, 3.63) is 48.0 Å². The van der Waals surface area contributed by atoms with Gasteiger partial charge in [0.25, 0.3) is 0 Å². The summed E-state index contributed by atoms with van der Waals surface area (Å²) in [7, 11) is 1.99. The van der Waals surface area contributed by atoms with Gasteiger partial charge in [-0.05, 0) is 62.6 Å². The van der Waals surface area contributed by atoms with Crippen LogP contribution in [0.1, 0.15) is 42.9 Å². The van der Waals surface area contributed by atoms with E-state index in [1.807, 2.05) is 18.5 Å². The minimum atomic E-state index is 0.530. The van der Waals surface area contributed by atoms with Gasteiger partial charge in [0.15, 0.2) is 17.3 Å². The van der Waals surface area contributed by atoms with Gasteiger partial charge in [0.2, 0.25) is 5.82 Å². The molecule has 1 aliphatic carbocycles. The summed E-state index contributed by atoms with van der Waals surface area (Å²) >= 11 is 1.77. The van der Waals surface area contributed by atoms with E-state index in [4.69, 9.17) is 4.42 Å². The van der Waals surface area contributed by atoms with Crippen molar-refractivity contribution < 1.29 is 4.42 Å². The van der Waals surface area contributed by atoms with Crippen LogP contribution in [-0.4, -0.2) is 50.0 Å². The largest absolute Gasteiger partial charge is 0.440 e. The Labute approximate surface area is 182 Å². The topological polar surface area (TPSA) is 60.0 Å². The fraction of sp³-hybridized carbons (Fsp3) is 0.522. The van der Waals surface area contributed by atoms with Crippen LogP contribution in [0.5, 0.6) is 0 Å². The zero-order chi connectivity index (χ0) is 20.6. The van der Waals surface area contributed by atoms with Gasteiger partial charge < -0.3 is 13.9 Å². The molecule has 0 bridgehead atoms. The van der Waals surface area contributed by atoms with Crippen LogP contribution in [0.25, 0.3) is 11.6 Å². The predicted molar refractivity (Wildman–Crippen MR) is 118 cm³/mol. The Hall–Kier alpha value is -2.12. The van der Waals surface area contributed by atoms with Crippen LogP contribution >= 0.6 is 11.8 Å². The first kappa shape index (κ1) is 19.8. The van der Waals surface area contributed by atoms with Gasteiger partial charge in [0.05, 0.1) is 5.69 Å². The van der Waals surface area contributed by atoms with E-state index in [2.05, 4.69) is 50.4 Å². The van der Waals surface area contributed by atoms with E-state index in [1.54, 1.807) is 17.3 Å². The first-order valence-electron chi connectivity index (χ1n) is 10.9. The standard InChI is InChI=1S/C23H29N5OS/c1-17-20(29-16-24-17)21-25-26-22(27(21)2)30-14-6-12-28-13-11-23(15-28)10-9-19(23)18-7-4-3-5-8-18/h3-5,7-8,16,19H,6,9-15H2,1-2H3/t19?,23-/m1/s1. The molecule has 1 unspecified atom stereocenters. The third-order valence-electron chi connectivity index (χ3n) is 6.97. The van der Waals surface area contributed by atoms with Crippen LogP contribution in [0.4, 0.5) is 0 Å². The van der Waals surface area contributed by atoms with Crippen molar-refractivity contribution in [2.45, 2.75) is 43.7 Å². The number of benzene rings is 1. The summed E-state index contributed by atoms with van der Waals surface area (Å²) in [6, 6.07) is 11.1. The second kappa shape index (κ2) is 8.19. The summed E-state index contributed by atoms with van der Waals surface area (Å²) in [4.78, 5) is 6.83. The molecule has 0 N–H and O–H groups in total. The molecule has 1 aromatic carbocycles. The summed E-state index contributed by atoms with van der Waals surface area (Å²) in [5.41, 5.74) is 2.91. The van der Waals surface area contributed by atoms with E-state index in [0.717, 1.165) is 28.3 Å². The maximum absolute atomic E-state index is 5.46. The number of aromatic nitrogens is 4. The molecule has 158 valence electrons. The Balaban J connectivity index is 1.11. The van der Waals surface area contributed by atoms with Crippen LogP contribution in [-0.2, 0) is 7.05 Å². The minimum Gasteiger partial charge on any atom is -0.440 e. The Morgan fingerprint density at radius 2 is 2.07 bits per heavy atom. The Morgan fingerprint density at radius 3 is 2.80 bits per heavy atom. The van der Waals surface area contributed by atoms with Gasteiger partial charge in [0, 0.05) is 19.3 Å². The molecule has 3 heterocycles. The third kappa shape index (κ3) is 3.58. The molecule has 0 amide bonds. The zero-order valence-corrected chi connectivity index (χ0v) is 18.6. The molecule has 7 heteroatoms. The normalized spacial score (nSPS) is 23.9. The third-order valence-corrected chi connectivity index (χ3v) is 8.08. The average molecular weight is 424 g/mol. The monoisotopic (exact) mass is 423 g/mol. The van der Waals surface area contributed by atoms with Crippen LogP contribution in [0.3, 0.4) is 0 Å². The molecule has 2 atom stereocenters. The average Bonchev–Trinajstić information content (AvgIpc) is 3.45. The number of oxazole rings is 1. The first-order chi connectivity index (χ1) is 14.7. The van der Waals surface area contributed by atoms with Crippen LogP contribution < -0.4 is 0 Å². The molecule has 2 fully saturated rings. The fourth-order valence-corrected chi connectivity index (χ4v) is 6.01. The molecule has 1 spiro atoms. The van der Waals surface area contributed by atoms with Gasteiger partial charge in [-0.2, -0.15) is 0 Å². The molecule has 1 saturated heterocycles. The van der Waals surface area contributed by atoms with E-state index >= 15 is 0 Å². The molecule has 5 rings (SSSR count). The van der Waals surface area contributed by atoms with Crippen LogP contribution in [0.2, 0.25) is 0 Å². The maximum atomic E-state index is 5.46. The molecular formula is C23H29N5OS. The van der Waals surface area contributed by atoms with E-state index in [9.17, 15) is 0 Å². The molecule has 30 heavy (non-hydrogen) atoms. The number of likely N-dealkylation sites (tertiary alicyclic amines) is 1. The summed E-state index contributed by atoms with van der Waals surface area (Å²) in [5.74, 6) is 3.25. The number of hydrogen-bond acceptors (Lipinski definition) is 6. The Morgan fingerprint density at radius 1 is 1.20 bits per heavy atom. The quantitative estimate of drug-likeness (QED) is 0.411. The number of rotatable bonds is 7. The number of hydrogen-bond donors (Lipinski definition) is 0. The fourth-order valence-electron chi connectivity index (χ4n) is 5.17. The highest BCUT2D eigenvalue weighted by Crippen LogP contribution is 2.57. The molecular weight excluding hydrogens is 394 g/mol.